The Morgan fingerprint density at radius 1 is 1.09 bits per heavy atom. The minimum atomic E-state index is -4.67. The summed E-state index contributed by atoms with van der Waals surface area (Å²) < 4.78 is 31.6. The lowest BCUT2D eigenvalue weighted by molar-refractivity contribution is 0.102. The van der Waals surface area contributed by atoms with Crippen molar-refractivity contribution in [3.8, 4) is 0 Å². The van der Waals surface area contributed by atoms with Crippen LogP contribution in [0.4, 0.5) is 22.0 Å². The molecule has 2 aromatic rings. The Labute approximate surface area is 184 Å². The van der Waals surface area contributed by atoms with Crippen LogP contribution >= 0.6 is 0 Å². The highest BCUT2D eigenvalue weighted by molar-refractivity contribution is 7.79. The van der Waals surface area contributed by atoms with Crippen molar-refractivity contribution in [2.45, 2.75) is 0 Å². The van der Waals surface area contributed by atoms with Crippen molar-refractivity contribution in [2.75, 3.05) is 43.4 Å². The molecule has 4 rings (SSSR count). The number of likely N-dealkylation sites (N-methyl/N-ethyl adjacent to an activating group) is 1. The molecule has 2 aliphatic rings. The molecule has 1 fully saturated rings. The van der Waals surface area contributed by atoms with E-state index in [1.807, 2.05) is 5.01 Å². The van der Waals surface area contributed by atoms with Crippen molar-refractivity contribution in [1.29, 1.82) is 0 Å². The Morgan fingerprint density at radius 2 is 1.72 bits per heavy atom. The first-order valence-corrected chi connectivity index (χ1v) is 10.6. The topological polar surface area (TPSA) is 187 Å². The van der Waals surface area contributed by atoms with Crippen molar-refractivity contribution in [3.05, 3.63) is 48.2 Å². The summed E-state index contributed by atoms with van der Waals surface area (Å²) in [6, 6.07) is 10.2. The molecule has 14 heteroatoms. The molecule has 32 heavy (non-hydrogen) atoms. The zero-order valence-corrected chi connectivity index (χ0v) is 17.9. The Balaban J connectivity index is 0.000000548. The molecule has 1 saturated heterocycles. The van der Waals surface area contributed by atoms with Gasteiger partial charge in [0.25, 0.3) is 5.91 Å². The van der Waals surface area contributed by atoms with E-state index in [0.717, 1.165) is 26.2 Å². The van der Waals surface area contributed by atoms with Crippen LogP contribution in [0.5, 0.6) is 0 Å². The highest BCUT2D eigenvalue weighted by Gasteiger charge is 2.31. The molecular formula is C18H24N6O7S. The highest BCUT2D eigenvalue weighted by Crippen LogP contribution is 2.36. The second kappa shape index (κ2) is 10.4. The third-order valence-electron chi connectivity index (χ3n) is 4.60. The van der Waals surface area contributed by atoms with Gasteiger partial charge in [-0.15, -0.1) is 0 Å². The molecular weight excluding hydrogens is 444 g/mol. The quantitative estimate of drug-likeness (QED) is 0.423. The number of carbonyl (C=O) groups is 2. The van der Waals surface area contributed by atoms with E-state index >= 15 is 0 Å². The normalized spacial score (nSPS) is 16.2. The van der Waals surface area contributed by atoms with Crippen LogP contribution in [-0.4, -0.2) is 83.1 Å². The summed E-state index contributed by atoms with van der Waals surface area (Å²) in [6.07, 6.45) is 1.61. The number of nitrogens with zero attached hydrogens (tertiary/aromatic N) is 4. The molecule has 0 aliphatic carbocycles. The number of para-hydroxylation sites is 1. The van der Waals surface area contributed by atoms with Gasteiger partial charge in [-0.25, -0.2) is 19.7 Å². The van der Waals surface area contributed by atoms with Crippen molar-refractivity contribution in [1.82, 2.24) is 20.3 Å². The van der Waals surface area contributed by atoms with Crippen molar-refractivity contribution < 1.29 is 32.6 Å². The number of anilines is 3. The number of benzene rings is 1. The van der Waals surface area contributed by atoms with Gasteiger partial charge in [-0.1, -0.05) is 12.1 Å². The maximum absolute atomic E-state index is 13.1. The molecule has 1 aromatic carbocycles. The largest absolute Gasteiger partial charge is 0.412 e. The molecule has 174 valence electrons. The van der Waals surface area contributed by atoms with Crippen LogP contribution < -0.4 is 15.6 Å². The van der Waals surface area contributed by atoms with Crippen LogP contribution in [-0.2, 0) is 10.4 Å². The zero-order chi connectivity index (χ0) is 22.6. The number of fused-ring (bicyclic) bond motifs is 2. The third kappa shape index (κ3) is 6.43. The first-order chi connectivity index (χ1) is 14.6. The van der Waals surface area contributed by atoms with Gasteiger partial charge >= 0.3 is 16.4 Å². The molecule has 1 aromatic heterocycles. The van der Waals surface area contributed by atoms with Crippen molar-refractivity contribution in [2.24, 2.45) is 0 Å². The van der Waals surface area contributed by atoms with E-state index in [-0.39, 0.29) is 17.4 Å². The molecule has 3 amide bonds. The number of rotatable bonds is 1. The Morgan fingerprint density at radius 3 is 2.38 bits per heavy atom. The predicted molar refractivity (Wildman–Crippen MR) is 116 cm³/mol. The van der Waals surface area contributed by atoms with E-state index in [0.29, 0.717) is 22.8 Å². The molecule has 13 nitrogen and oxygen atoms in total. The molecule has 0 bridgehead atoms. The van der Waals surface area contributed by atoms with Crippen LogP contribution in [0.1, 0.15) is 10.4 Å². The smallest absolute Gasteiger partial charge is 0.394 e. The molecule has 0 saturated carbocycles. The lowest BCUT2D eigenvalue weighted by Crippen LogP contribution is -2.55. The summed E-state index contributed by atoms with van der Waals surface area (Å²) >= 11 is 0. The Bertz CT molecular complexity index is 1060. The predicted octanol–water partition coefficient (Wildman–Crippen LogP) is 0.180. The second-order valence-electron chi connectivity index (χ2n) is 6.84. The molecule has 3 heterocycles. The van der Waals surface area contributed by atoms with Crippen molar-refractivity contribution >= 4 is 39.5 Å². The van der Waals surface area contributed by atoms with E-state index in [1.54, 1.807) is 42.6 Å². The zero-order valence-electron chi connectivity index (χ0n) is 17.1. The average Bonchev–Trinajstić information content (AvgIpc) is 2.82. The number of piperazine rings is 1. The standard InChI is InChI=1S/C18H20N6O2.H2O4S.H2O/c1-22-9-11-23(12-10-22)21-18(26)24-15-7-3-2-5-13(15)17(25)20-14-6-4-8-19-16(14)24;1-5(2,3)4;/h2-8H,9-12H2,1H3,(H,20,25)(H,21,26);(H2,1,2,3,4);1H2. The molecule has 0 unspecified atom stereocenters. The molecule has 2 aliphatic heterocycles. The van der Waals surface area contributed by atoms with E-state index in [1.165, 1.54) is 4.90 Å². The fourth-order valence-corrected chi connectivity index (χ4v) is 3.15. The van der Waals surface area contributed by atoms with Gasteiger partial charge in [-0.3, -0.25) is 19.3 Å². The van der Waals surface area contributed by atoms with Gasteiger partial charge in [0.2, 0.25) is 0 Å². The van der Waals surface area contributed by atoms with Crippen LogP contribution in [0.25, 0.3) is 0 Å². The minimum absolute atomic E-state index is 0. The van der Waals surface area contributed by atoms with Crippen LogP contribution in [0.3, 0.4) is 0 Å². The molecule has 0 atom stereocenters. The monoisotopic (exact) mass is 468 g/mol. The fourth-order valence-electron chi connectivity index (χ4n) is 3.15. The number of amides is 3. The maximum atomic E-state index is 13.1. The third-order valence-corrected chi connectivity index (χ3v) is 4.60. The van der Waals surface area contributed by atoms with Gasteiger partial charge < -0.3 is 15.7 Å². The van der Waals surface area contributed by atoms with Gasteiger partial charge in [-0.05, 0) is 31.3 Å². The lowest BCUT2D eigenvalue weighted by Gasteiger charge is -2.34. The summed E-state index contributed by atoms with van der Waals surface area (Å²) in [7, 11) is -2.61. The van der Waals surface area contributed by atoms with Gasteiger partial charge in [0.1, 0.15) is 0 Å². The van der Waals surface area contributed by atoms with Gasteiger partial charge in [-0.2, -0.15) is 8.42 Å². The van der Waals surface area contributed by atoms with Crippen molar-refractivity contribution in [3.63, 3.8) is 0 Å². The van der Waals surface area contributed by atoms with E-state index in [2.05, 4.69) is 27.7 Å². The number of carbonyl (C=O) groups excluding carboxylic acids is 2. The lowest BCUT2D eigenvalue weighted by atomic mass is 10.1. The second-order valence-corrected chi connectivity index (χ2v) is 7.73. The maximum Gasteiger partial charge on any atom is 0.394 e. The minimum Gasteiger partial charge on any atom is -0.412 e. The first-order valence-electron chi connectivity index (χ1n) is 9.23. The number of hydrogen-bond acceptors (Lipinski definition) is 7. The number of hydrogen-bond donors (Lipinski definition) is 4. The summed E-state index contributed by atoms with van der Waals surface area (Å²) in [6.45, 7) is 3.24. The highest BCUT2D eigenvalue weighted by atomic mass is 32.3. The summed E-state index contributed by atoms with van der Waals surface area (Å²) in [4.78, 5) is 33.7. The summed E-state index contributed by atoms with van der Waals surface area (Å²) in [5.41, 5.74) is 4.39. The molecule has 0 spiro atoms. The number of pyridine rings is 1. The van der Waals surface area contributed by atoms with Gasteiger partial charge in [0.15, 0.2) is 5.82 Å². The van der Waals surface area contributed by atoms with E-state index < -0.39 is 10.4 Å². The number of aromatic nitrogens is 1. The first kappa shape index (κ1) is 25.1. The van der Waals surface area contributed by atoms with Crippen LogP contribution in [0, 0.1) is 0 Å². The summed E-state index contributed by atoms with van der Waals surface area (Å²) in [5.74, 6) is 0.141. The Hall–Kier alpha value is -3.14. The average molecular weight is 468 g/mol. The Kier molecular flexibility index (Phi) is 8.20. The van der Waals surface area contributed by atoms with E-state index in [9.17, 15) is 9.59 Å². The summed E-state index contributed by atoms with van der Waals surface area (Å²) in [5, 5.41) is 4.73. The SMILES string of the molecule is CN1CCN(NC(=O)N2c3ccccc3C(=O)Nc3cccnc32)CC1.O.O=S(=O)(O)O. The molecule has 0 radical (unpaired) electrons. The molecule has 6 N–H and O–H groups in total. The van der Waals surface area contributed by atoms with Gasteiger partial charge in [0.05, 0.1) is 16.9 Å². The fraction of sp³-hybridized carbons (Fsp3) is 0.278. The number of nitrogens with one attached hydrogen (secondary N) is 2. The van der Waals surface area contributed by atoms with Crippen LogP contribution in [0.2, 0.25) is 0 Å². The van der Waals surface area contributed by atoms with Crippen LogP contribution in [0.15, 0.2) is 42.6 Å². The number of urea groups is 1. The van der Waals surface area contributed by atoms with E-state index in [4.69, 9.17) is 17.5 Å². The number of hydrazine groups is 1. The van der Waals surface area contributed by atoms with Gasteiger partial charge in [0, 0.05) is 32.4 Å².